The maximum absolute atomic E-state index is 13.2. The number of hydrogen-bond donors (Lipinski definition) is 0. The van der Waals surface area contributed by atoms with Gasteiger partial charge in [-0.25, -0.2) is 4.39 Å². The SMILES string of the molecule is COc1ccc(CC(C)=O)c(F)c1F. The van der Waals surface area contributed by atoms with Gasteiger partial charge in [-0.05, 0) is 18.6 Å². The van der Waals surface area contributed by atoms with Crippen LogP contribution in [-0.4, -0.2) is 12.9 Å². The quantitative estimate of drug-likeness (QED) is 0.746. The molecule has 1 aromatic carbocycles. The van der Waals surface area contributed by atoms with Gasteiger partial charge in [0.1, 0.15) is 5.78 Å². The van der Waals surface area contributed by atoms with E-state index in [1.165, 1.54) is 26.2 Å². The third kappa shape index (κ3) is 2.07. The molecule has 0 saturated carbocycles. The van der Waals surface area contributed by atoms with Crippen LogP contribution in [0.4, 0.5) is 8.78 Å². The number of ketones is 1. The topological polar surface area (TPSA) is 26.3 Å². The van der Waals surface area contributed by atoms with Crippen molar-refractivity contribution >= 4 is 5.78 Å². The van der Waals surface area contributed by atoms with Gasteiger partial charge in [-0.3, -0.25) is 4.79 Å². The van der Waals surface area contributed by atoms with Gasteiger partial charge in [-0.2, -0.15) is 4.39 Å². The van der Waals surface area contributed by atoms with Crippen molar-refractivity contribution in [3.05, 3.63) is 29.3 Å². The molecule has 0 saturated heterocycles. The fourth-order valence-electron chi connectivity index (χ4n) is 1.13. The van der Waals surface area contributed by atoms with Crippen molar-refractivity contribution in [1.29, 1.82) is 0 Å². The average molecular weight is 200 g/mol. The van der Waals surface area contributed by atoms with Crippen LogP contribution < -0.4 is 4.74 Å². The van der Waals surface area contributed by atoms with Crippen LogP contribution in [0, 0.1) is 11.6 Å². The Morgan fingerprint density at radius 2 is 2.00 bits per heavy atom. The number of rotatable bonds is 3. The Balaban J connectivity index is 3.10. The van der Waals surface area contributed by atoms with Crippen LogP contribution in [0.5, 0.6) is 5.75 Å². The number of carbonyl (C=O) groups excluding carboxylic acids is 1. The van der Waals surface area contributed by atoms with Crippen LogP contribution >= 0.6 is 0 Å². The normalized spacial score (nSPS) is 10.0. The van der Waals surface area contributed by atoms with Crippen molar-refractivity contribution in [2.75, 3.05) is 7.11 Å². The molecule has 0 aromatic heterocycles. The molecule has 0 aliphatic carbocycles. The molecular formula is C10H10F2O2. The lowest BCUT2D eigenvalue weighted by Gasteiger charge is -2.05. The molecule has 0 atom stereocenters. The highest BCUT2D eigenvalue weighted by atomic mass is 19.2. The Hall–Kier alpha value is -1.45. The maximum Gasteiger partial charge on any atom is 0.200 e. The Labute approximate surface area is 80.5 Å². The summed E-state index contributed by atoms with van der Waals surface area (Å²) in [5, 5.41) is 0. The van der Waals surface area contributed by atoms with E-state index in [9.17, 15) is 13.6 Å². The van der Waals surface area contributed by atoms with Crippen LogP contribution in [0.15, 0.2) is 12.1 Å². The second-order valence-corrected chi connectivity index (χ2v) is 2.93. The van der Waals surface area contributed by atoms with E-state index in [1.54, 1.807) is 0 Å². The lowest BCUT2D eigenvalue weighted by atomic mass is 10.1. The van der Waals surface area contributed by atoms with Crippen LogP contribution in [0.1, 0.15) is 12.5 Å². The first-order valence-corrected chi connectivity index (χ1v) is 4.06. The molecule has 0 aliphatic rings. The van der Waals surface area contributed by atoms with E-state index >= 15 is 0 Å². The Morgan fingerprint density at radius 3 is 2.50 bits per heavy atom. The molecule has 0 N–H and O–H groups in total. The molecule has 76 valence electrons. The van der Waals surface area contributed by atoms with E-state index in [1.807, 2.05) is 0 Å². The summed E-state index contributed by atoms with van der Waals surface area (Å²) in [6, 6.07) is 2.65. The Kier molecular flexibility index (Phi) is 3.17. The third-order valence-corrected chi connectivity index (χ3v) is 1.79. The van der Waals surface area contributed by atoms with Gasteiger partial charge in [-0.1, -0.05) is 6.07 Å². The fourth-order valence-corrected chi connectivity index (χ4v) is 1.13. The Bertz CT molecular complexity index is 361. The highest BCUT2D eigenvalue weighted by molar-refractivity contribution is 5.78. The standard InChI is InChI=1S/C10H10F2O2/c1-6(13)5-7-3-4-8(14-2)10(12)9(7)11/h3-4H,5H2,1-2H3. The van der Waals surface area contributed by atoms with E-state index in [2.05, 4.69) is 4.74 Å². The van der Waals surface area contributed by atoms with Gasteiger partial charge in [-0.15, -0.1) is 0 Å². The number of carbonyl (C=O) groups is 1. The monoisotopic (exact) mass is 200 g/mol. The number of ether oxygens (including phenoxy) is 1. The molecule has 0 heterocycles. The van der Waals surface area contributed by atoms with Gasteiger partial charge < -0.3 is 4.74 Å². The van der Waals surface area contributed by atoms with Gasteiger partial charge in [0.2, 0.25) is 5.82 Å². The Morgan fingerprint density at radius 1 is 1.36 bits per heavy atom. The van der Waals surface area contributed by atoms with Crippen molar-refractivity contribution in [3.8, 4) is 5.75 Å². The van der Waals surface area contributed by atoms with Crippen LogP contribution in [0.25, 0.3) is 0 Å². The molecule has 0 amide bonds. The molecule has 0 bridgehead atoms. The van der Waals surface area contributed by atoms with Crippen molar-refractivity contribution in [2.24, 2.45) is 0 Å². The van der Waals surface area contributed by atoms with E-state index in [4.69, 9.17) is 0 Å². The molecule has 0 spiro atoms. The zero-order valence-electron chi connectivity index (χ0n) is 7.93. The lowest BCUT2D eigenvalue weighted by Crippen LogP contribution is -2.02. The fraction of sp³-hybridized carbons (Fsp3) is 0.300. The third-order valence-electron chi connectivity index (χ3n) is 1.79. The smallest absolute Gasteiger partial charge is 0.200 e. The van der Waals surface area contributed by atoms with Crippen molar-refractivity contribution in [2.45, 2.75) is 13.3 Å². The molecule has 1 rings (SSSR count). The van der Waals surface area contributed by atoms with E-state index in [0.29, 0.717) is 0 Å². The summed E-state index contributed by atoms with van der Waals surface area (Å²) in [6.07, 6.45) is -0.104. The summed E-state index contributed by atoms with van der Waals surface area (Å²) in [7, 11) is 1.25. The summed E-state index contributed by atoms with van der Waals surface area (Å²) < 4.78 is 30.9. The average Bonchev–Trinajstić information content (AvgIpc) is 2.13. The zero-order valence-corrected chi connectivity index (χ0v) is 7.93. The molecule has 0 unspecified atom stereocenters. The first-order chi connectivity index (χ1) is 6.56. The summed E-state index contributed by atoms with van der Waals surface area (Å²) in [6.45, 7) is 1.32. The van der Waals surface area contributed by atoms with E-state index in [-0.39, 0.29) is 23.5 Å². The highest BCUT2D eigenvalue weighted by Crippen LogP contribution is 2.22. The first kappa shape index (κ1) is 10.6. The number of methoxy groups -OCH3 is 1. The van der Waals surface area contributed by atoms with Gasteiger partial charge in [0, 0.05) is 6.42 Å². The van der Waals surface area contributed by atoms with Gasteiger partial charge in [0.05, 0.1) is 7.11 Å². The molecule has 0 fully saturated rings. The maximum atomic E-state index is 13.2. The van der Waals surface area contributed by atoms with Gasteiger partial charge in [0.15, 0.2) is 11.6 Å². The predicted octanol–water partition coefficient (Wildman–Crippen LogP) is 2.10. The highest BCUT2D eigenvalue weighted by Gasteiger charge is 2.14. The van der Waals surface area contributed by atoms with Crippen molar-refractivity contribution < 1.29 is 18.3 Å². The number of halogens is 2. The number of Topliss-reactive ketones (excluding diaryl/α,β-unsaturated/α-hetero) is 1. The van der Waals surface area contributed by atoms with Crippen molar-refractivity contribution in [1.82, 2.24) is 0 Å². The second-order valence-electron chi connectivity index (χ2n) is 2.93. The minimum absolute atomic E-state index is 0.0517. The van der Waals surface area contributed by atoms with E-state index < -0.39 is 11.6 Å². The number of hydrogen-bond acceptors (Lipinski definition) is 2. The minimum atomic E-state index is -1.05. The van der Waals surface area contributed by atoms with Gasteiger partial charge >= 0.3 is 0 Å². The summed E-state index contributed by atoms with van der Waals surface area (Å²) in [4.78, 5) is 10.7. The zero-order chi connectivity index (χ0) is 10.7. The predicted molar refractivity (Wildman–Crippen MR) is 47.3 cm³/mol. The van der Waals surface area contributed by atoms with Crippen LogP contribution in [0.3, 0.4) is 0 Å². The van der Waals surface area contributed by atoms with Crippen LogP contribution in [0.2, 0.25) is 0 Å². The minimum Gasteiger partial charge on any atom is -0.494 e. The van der Waals surface area contributed by atoms with Crippen LogP contribution in [-0.2, 0) is 11.2 Å². The van der Waals surface area contributed by atoms with Gasteiger partial charge in [0.25, 0.3) is 0 Å². The largest absolute Gasteiger partial charge is 0.494 e. The van der Waals surface area contributed by atoms with E-state index in [0.717, 1.165) is 0 Å². The molecular weight excluding hydrogens is 190 g/mol. The molecule has 0 aliphatic heterocycles. The molecule has 2 nitrogen and oxygen atoms in total. The first-order valence-electron chi connectivity index (χ1n) is 4.06. The summed E-state index contributed by atoms with van der Waals surface area (Å²) in [5.74, 6) is -2.44. The second kappa shape index (κ2) is 4.17. The summed E-state index contributed by atoms with van der Waals surface area (Å²) in [5.41, 5.74) is 0.0517. The van der Waals surface area contributed by atoms with Crippen molar-refractivity contribution in [3.63, 3.8) is 0 Å². The molecule has 4 heteroatoms. The molecule has 1 aromatic rings. The molecule has 0 radical (unpaired) electrons. The summed E-state index contributed by atoms with van der Waals surface area (Å²) >= 11 is 0. The lowest BCUT2D eigenvalue weighted by molar-refractivity contribution is -0.116. The molecule has 14 heavy (non-hydrogen) atoms. The number of benzene rings is 1.